The molecule has 0 unspecified atom stereocenters. The Kier molecular flexibility index (Phi) is 9.19. The molecule has 0 radical (unpaired) electrons. The molecule has 0 saturated carbocycles. The number of hydrogen-bond donors (Lipinski definition) is 0. The Labute approximate surface area is 319 Å². The van der Waals surface area contributed by atoms with Gasteiger partial charge in [0.15, 0.2) is 5.65 Å². The maximum atomic E-state index is 14.8. The average Bonchev–Trinajstić information content (AvgIpc) is 3.62. The van der Waals surface area contributed by atoms with Crippen LogP contribution in [0, 0.1) is 18.6 Å². The molecule has 284 valence electrons. The summed E-state index contributed by atoms with van der Waals surface area (Å²) in [6, 6.07) is 13.9. The number of amides is 2. The quantitative estimate of drug-likeness (QED) is 0.174. The minimum Gasteiger partial charge on any atom is -0.444 e. The second-order valence-corrected chi connectivity index (χ2v) is 15.4. The van der Waals surface area contributed by atoms with E-state index in [0.717, 1.165) is 22.7 Å². The van der Waals surface area contributed by atoms with E-state index in [1.54, 1.807) is 56.3 Å². The molecule has 2 aliphatic rings. The van der Waals surface area contributed by atoms with Crippen LogP contribution in [0.25, 0.3) is 27.9 Å². The molecule has 6 aromatic rings. The van der Waals surface area contributed by atoms with Gasteiger partial charge in [-0.15, -0.1) is 0 Å². The van der Waals surface area contributed by atoms with Gasteiger partial charge in [-0.05, 0) is 107 Å². The average molecular weight is 769 g/mol. The van der Waals surface area contributed by atoms with E-state index >= 15 is 0 Å². The van der Waals surface area contributed by atoms with Crippen molar-refractivity contribution in [2.24, 2.45) is 0 Å². The van der Waals surface area contributed by atoms with Crippen molar-refractivity contribution in [3.63, 3.8) is 0 Å². The summed E-state index contributed by atoms with van der Waals surface area (Å²) in [7, 11) is 0. The number of ether oxygens (including phenoxy) is 1. The highest BCUT2D eigenvalue weighted by atomic mass is 35.5. The van der Waals surface area contributed by atoms with E-state index in [-0.39, 0.29) is 42.1 Å². The summed E-state index contributed by atoms with van der Waals surface area (Å²) in [6.45, 7) is 8.92. The highest BCUT2D eigenvalue weighted by Gasteiger charge is 2.32. The van der Waals surface area contributed by atoms with Crippen LogP contribution in [0.3, 0.4) is 0 Å². The number of aryl methyl sites for hydroxylation is 1. The highest BCUT2D eigenvalue weighted by Crippen LogP contribution is 2.33. The Balaban J connectivity index is 1.07. The smallest absolute Gasteiger partial charge is 0.410 e. The van der Waals surface area contributed by atoms with E-state index in [1.165, 1.54) is 12.1 Å². The fourth-order valence-electron chi connectivity index (χ4n) is 7.80. The number of likely N-dealkylation sites (tertiary alicyclic amines) is 1. The molecule has 2 amide bonds. The third kappa shape index (κ3) is 6.72. The zero-order chi connectivity index (χ0) is 38.8. The predicted molar refractivity (Wildman–Crippen MR) is 203 cm³/mol. The first kappa shape index (κ1) is 36.4. The number of rotatable bonds is 5. The standard InChI is InChI=1S/C40H39ClF2N8O4/c1-23-33-35(46-37(41)45-23)51(28-13-17-47(18-14-28)39(54)55-40(2,3)4)38(53)50(33)27-11-8-24(9-12-27)36(52)48-19-15-29-30-6-5-16-44-34(30)49(32(29)22-48)21-25-7-10-26(42)20-31(25)43/h5-12,16,20,28H,13-15,17-19,21-22H2,1-4H3. The summed E-state index contributed by atoms with van der Waals surface area (Å²) < 4.78 is 39.1. The summed E-state index contributed by atoms with van der Waals surface area (Å²) >= 11 is 6.32. The molecule has 0 spiro atoms. The van der Waals surface area contributed by atoms with Crippen LogP contribution in [0.15, 0.2) is 65.6 Å². The molecule has 6 heterocycles. The lowest BCUT2D eigenvalue weighted by molar-refractivity contribution is 0.0188. The number of hydrogen-bond acceptors (Lipinski definition) is 7. The third-order valence-electron chi connectivity index (χ3n) is 10.4. The Morgan fingerprint density at radius 3 is 2.42 bits per heavy atom. The summed E-state index contributed by atoms with van der Waals surface area (Å²) in [5.41, 5.74) is 4.32. The molecule has 0 bridgehead atoms. The van der Waals surface area contributed by atoms with Crippen LogP contribution in [0.1, 0.15) is 72.5 Å². The van der Waals surface area contributed by atoms with Gasteiger partial charge in [-0.25, -0.2) is 28.3 Å². The molecular formula is C40H39ClF2N8O4. The molecule has 0 N–H and O–H groups in total. The molecule has 4 aromatic heterocycles. The first-order valence-corrected chi connectivity index (χ1v) is 18.6. The fourth-order valence-corrected chi connectivity index (χ4v) is 8.01. The van der Waals surface area contributed by atoms with Crippen molar-refractivity contribution < 1.29 is 23.1 Å². The number of fused-ring (bicyclic) bond motifs is 4. The molecule has 0 aliphatic carbocycles. The molecule has 2 aliphatic heterocycles. The van der Waals surface area contributed by atoms with E-state index in [9.17, 15) is 23.2 Å². The Bertz CT molecular complexity index is 2550. The van der Waals surface area contributed by atoms with Gasteiger partial charge in [0.25, 0.3) is 5.91 Å². The van der Waals surface area contributed by atoms with Gasteiger partial charge in [-0.2, -0.15) is 4.98 Å². The minimum absolute atomic E-state index is 0.0188. The number of pyridine rings is 1. The van der Waals surface area contributed by atoms with Crippen molar-refractivity contribution in [3.8, 4) is 5.69 Å². The van der Waals surface area contributed by atoms with Gasteiger partial charge in [-0.1, -0.05) is 6.07 Å². The van der Waals surface area contributed by atoms with Crippen LogP contribution < -0.4 is 5.69 Å². The molecule has 1 fully saturated rings. The monoisotopic (exact) mass is 768 g/mol. The number of halogens is 3. The van der Waals surface area contributed by atoms with E-state index in [4.69, 9.17) is 16.3 Å². The summed E-state index contributed by atoms with van der Waals surface area (Å²) in [5, 5.41) is 0.959. The van der Waals surface area contributed by atoms with Gasteiger partial charge < -0.3 is 19.1 Å². The number of imidazole rings is 1. The highest BCUT2D eigenvalue weighted by molar-refractivity contribution is 6.28. The van der Waals surface area contributed by atoms with E-state index in [2.05, 4.69) is 15.0 Å². The van der Waals surface area contributed by atoms with Crippen LogP contribution in [-0.4, -0.2) is 75.7 Å². The van der Waals surface area contributed by atoms with Gasteiger partial charge in [0.2, 0.25) is 5.28 Å². The van der Waals surface area contributed by atoms with Crippen molar-refractivity contribution in [1.82, 2.24) is 38.5 Å². The number of carbonyl (C=O) groups excluding carboxylic acids is 2. The number of benzene rings is 2. The molecular weight excluding hydrogens is 730 g/mol. The van der Waals surface area contributed by atoms with Crippen LogP contribution in [0.4, 0.5) is 13.6 Å². The van der Waals surface area contributed by atoms with Gasteiger partial charge in [-0.3, -0.25) is 13.9 Å². The zero-order valence-electron chi connectivity index (χ0n) is 30.9. The Hall–Kier alpha value is -5.63. The lowest BCUT2D eigenvalue weighted by Crippen LogP contribution is -2.43. The number of carbonyl (C=O) groups is 2. The van der Waals surface area contributed by atoms with Crippen LogP contribution in [-0.2, 0) is 24.2 Å². The van der Waals surface area contributed by atoms with Crippen LogP contribution >= 0.6 is 11.6 Å². The molecule has 15 heteroatoms. The van der Waals surface area contributed by atoms with Crippen molar-refractivity contribution in [2.75, 3.05) is 19.6 Å². The Morgan fingerprint density at radius 1 is 0.964 bits per heavy atom. The van der Waals surface area contributed by atoms with Crippen LogP contribution in [0.5, 0.6) is 0 Å². The fraction of sp³-hybridized carbons (Fsp3) is 0.350. The third-order valence-corrected chi connectivity index (χ3v) is 10.5. The largest absolute Gasteiger partial charge is 0.444 e. The maximum absolute atomic E-state index is 14.8. The zero-order valence-corrected chi connectivity index (χ0v) is 31.6. The second kappa shape index (κ2) is 13.9. The first-order valence-electron chi connectivity index (χ1n) is 18.2. The van der Waals surface area contributed by atoms with Crippen molar-refractivity contribution in [3.05, 3.63) is 116 Å². The molecule has 55 heavy (non-hydrogen) atoms. The predicted octanol–water partition coefficient (Wildman–Crippen LogP) is 6.99. The van der Waals surface area contributed by atoms with Crippen LogP contribution in [0.2, 0.25) is 5.28 Å². The van der Waals surface area contributed by atoms with Gasteiger partial charge in [0, 0.05) is 60.1 Å². The van der Waals surface area contributed by atoms with Gasteiger partial charge in [0.05, 0.1) is 24.5 Å². The minimum atomic E-state index is -0.650. The lowest BCUT2D eigenvalue weighted by atomic mass is 10.0. The Morgan fingerprint density at radius 2 is 1.71 bits per heavy atom. The van der Waals surface area contributed by atoms with Gasteiger partial charge >= 0.3 is 11.8 Å². The summed E-state index contributed by atoms with van der Waals surface area (Å²) in [4.78, 5) is 57.9. The molecule has 8 rings (SSSR count). The number of nitrogens with zero attached hydrogens (tertiary/aromatic N) is 8. The number of piperidine rings is 1. The molecule has 1 saturated heterocycles. The van der Waals surface area contributed by atoms with Crippen molar-refractivity contribution in [2.45, 2.75) is 71.7 Å². The van der Waals surface area contributed by atoms with Crippen molar-refractivity contribution >= 4 is 45.8 Å². The van der Waals surface area contributed by atoms with E-state index in [0.29, 0.717) is 78.2 Å². The molecule has 12 nitrogen and oxygen atoms in total. The normalized spacial score (nSPS) is 15.2. The molecule has 0 atom stereocenters. The summed E-state index contributed by atoms with van der Waals surface area (Å²) in [5.74, 6) is -1.50. The SMILES string of the molecule is Cc1nc(Cl)nc2c1n(-c1ccc(C(=O)N3CCc4c(n(Cc5ccc(F)cc5F)c5ncccc45)C3)cc1)c(=O)n2C1CCN(C(=O)OC(C)(C)C)CC1. The maximum Gasteiger partial charge on any atom is 0.410 e. The first-order chi connectivity index (χ1) is 26.3. The second-order valence-electron chi connectivity index (χ2n) is 15.1. The lowest BCUT2D eigenvalue weighted by Gasteiger charge is -2.33. The summed E-state index contributed by atoms with van der Waals surface area (Å²) in [6.07, 6.45) is 2.89. The number of aromatic nitrogens is 6. The topological polar surface area (TPSA) is 120 Å². The molecule has 2 aromatic carbocycles. The van der Waals surface area contributed by atoms with Gasteiger partial charge in [0.1, 0.15) is 28.4 Å². The van der Waals surface area contributed by atoms with E-state index < -0.39 is 17.2 Å². The van der Waals surface area contributed by atoms with E-state index in [1.807, 2.05) is 37.5 Å². The van der Waals surface area contributed by atoms with Crippen molar-refractivity contribution in [1.29, 1.82) is 0 Å².